The molecule has 140 valence electrons. The monoisotopic (exact) mass is 401 g/mol. The minimum Gasteiger partial charge on any atom is -0.367 e. The van der Waals surface area contributed by atoms with Crippen molar-refractivity contribution in [1.82, 2.24) is 9.97 Å². The number of halogens is 3. The minimum absolute atomic E-state index is 0.101. The predicted molar refractivity (Wildman–Crippen MR) is 96.4 cm³/mol. The van der Waals surface area contributed by atoms with Gasteiger partial charge in [0.1, 0.15) is 17.1 Å². The molecule has 2 aromatic rings. The summed E-state index contributed by atoms with van der Waals surface area (Å²) < 4.78 is 38.2. The molecule has 1 fully saturated rings. The Labute approximate surface area is 159 Å². The van der Waals surface area contributed by atoms with E-state index in [1.807, 2.05) is 13.8 Å². The maximum atomic E-state index is 13.7. The molecule has 1 saturated heterocycles. The summed E-state index contributed by atoms with van der Waals surface area (Å²) in [6, 6.07) is 5.66. The Hall–Kier alpha value is -1.48. The first-order valence-corrected chi connectivity index (χ1v) is 9.35. The lowest BCUT2D eigenvalue weighted by atomic mass is 10.2. The van der Waals surface area contributed by atoms with E-state index in [4.69, 9.17) is 21.1 Å². The first-order valence-electron chi connectivity index (χ1n) is 7.98. The second-order valence-corrected chi connectivity index (χ2v) is 7.52. The molecule has 0 aliphatic carbocycles. The van der Waals surface area contributed by atoms with Gasteiger partial charge in [0.05, 0.1) is 6.61 Å². The Bertz CT molecular complexity index is 795. The summed E-state index contributed by atoms with van der Waals surface area (Å²) in [6.45, 7) is 4.70. The minimum atomic E-state index is -0.876. The Balaban J connectivity index is 1.61. The van der Waals surface area contributed by atoms with Gasteiger partial charge in [0.2, 0.25) is 0 Å². The standard InChI is InChI=1S/C17H18ClF2N3O2S/c1-17(2)24-8-11(25-17)7-21-14-6-13(18)22-16(23-14)26-9-10-4-3-5-12(19)15(10)20/h3-6,11H,7-9H2,1-2H3,(H,21,22,23)/t11-/m0/s1. The van der Waals surface area contributed by atoms with E-state index in [2.05, 4.69) is 15.3 Å². The van der Waals surface area contributed by atoms with Gasteiger partial charge in [-0.2, -0.15) is 0 Å². The Morgan fingerprint density at radius 3 is 2.88 bits per heavy atom. The van der Waals surface area contributed by atoms with Gasteiger partial charge in [0.25, 0.3) is 0 Å². The fourth-order valence-electron chi connectivity index (χ4n) is 2.44. The third-order valence-electron chi connectivity index (χ3n) is 3.64. The lowest BCUT2D eigenvalue weighted by Gasteiger charge is -2.17. The normalized spacial score (nSPS) is 18.9. The smallest absolute Gasteiger partial charge is 0.191 e. The summed E-state index contributed by atoms with van der Waals surface area (Å²) in [6.07, 6.45) is -0.101. The van der Waals surface area contributed by atoms with Gasteiger partial charge in [-0.05, 0) is 19.9 Å². The van der Waals surface area contributed by atoms with Crippen LogP contribution in [0.2, 0.25) is 5.15 Å². The van der Waals surface area contributed by atoms with E-state index in [-0.39, 0.29) is 22.6 Å². The highest BCUT2D eigenvalue weighted by Crippen LogP contribution is 2.26. The van der Waals surface area contributed by atoms with Crippen LogP contribution >= 0.6 is 23.4 Å². The molecule has 9 heteroatoms. The molecule has 0 unspecified atom stereocenters. The van der Waals surface area contributed by atoms with Crippen LogP contribution in [0.4, 0.5) is 14.6 Å². The first kappa shape index (κ1) is 19.3. The Kier molecular flexibility index (Phi) is 5.96. The van der Waals surface area contributed by atoms with Crippen LogP contribution in [0.15, 0.2) is 29.4 Å². The Morgan fingerprint density at radius 1 is 1.35 bits per heavy atom. The van der Waals surface area contributed by atoms with E-state index in [0.717, 1.165) is 6.07 Å². The van der Waals surface area contributed by atoms with Crippen LogP contribution in [0.5, 0.6) is 0 Å². The van der Waals surface area contributed by atoms with Gasteiger partial charge in [-0.15, -0.1) is 0 Å². The summed E-state index contributed by atoms with van der Waals surface area (Å²) in [4.78, 5) is 8.45. The van der Waals surface area contributed by atoms with E-state index < -0.39 is 17.4 Å². The Morgan fingerprint density at radius 2 is 2.15 bits per heavy atom. The number of thioether (sulfide) groups is 1. The lowest BCUT2D eigenvalue weighted by molar-refractivity contribution is -0.136. The molecule has 3 rings (SSSR count). The molecule has 0 bridgehead atoms. The van der Waals surface area contributed by atoms with Gasteiger partial charge in [-0.1, -0.05) is 35.5 Å². The number of anilines is 1. The topological polar surface area (TPSA) is 56.3 Å². The maximum Gasteiger partial charge on any atom is 0.191 e. The molecule has 0 saturated carbocycles. The number of benzene rings is 1. The molecule has 5 nitrogen and oxygen atoms in total. The molecule has 0 amide bonds. The lowest BCUT2D eigenvalue weighted by Crippen LogP contribution is -2.26. The highest BCUT2D eigenvalue weighted by atomic mass is 35.5. The molecular weight excluding hydrogens is 384 g/mol. The molecule has 1 aromatic carbocycles. The maximum absolute atomic E-state index is 13.7. The molecule has 1 atom stereocenters. The number of hydrogen-bond donors (Lipinski definition) is 1. The van der Waals surface area contributed by atoms with Crippen LogP contribution in [0, 0.1) is 11.6 Å². The summed E-state index contributed by atoms with van der Waals surface area (Å²) in [5.74, 6) is -1.61. The van der Waals surface area contributed by atoms with Crippen molar-refractivity contribution in [1.29, 1.82) is 0 Å². The van der Waals surface area contributed by atoms with Gasteiger partial charge in [-0.25, -0.2) is 18.7 Å². The summed E-state index contributed by atoms with van der Waals surface area (Å²) in [7, 11) is 0. The van der Waals surface area contributed by atoms with Crippen LogP contribution in [0.1, 0.15) is 19.4 Å². The van der Waals surface area contributed by atoms with E-state index in [9.17, 15) is 8.78 Å². The number of aromatic nitrogens is 2. The summed E-state index contributed by atoms with van der Waals surface area (Å²) >= 11 is 7.21. The number of rotatable bonds is 6. The van der Waals surface area contributed by atoms with Crippen molar-refractivity contribution in [2.24, 2.45) is 0 Å². The SMILES string of the molecule is CC1(C)OC[C@H](CNc2cc(Cl)nc(SCc3cccc(F)c3F)n2)O1. The zero-order valence-electron chi connectivity index (χ0n) is 14.3. The summed E-state index contributed by atoms with van der Waals surface area (Å²) in [5.41, 5.74) is 0.242. The van der Waals surface area contributed by atoms with Crippen molar-refractivity contribution in [3.8, 4) is 0 Å². The van der Waals surface area contributed by atoms with Gasteiger partial charge >= 0.3 is 0 Å². The fraction of sp³-hybridized carbons (Fsp3) is 0.412. The average molecular weight is 402 g/mol. The highest BCUT2D eigenvalue weighted by Gasteiger charge is 2.32. The highest BCUT2D eigenvalue weighted by molar-refractivity contribution is 7.98. The number of nitrogens with one attached hydrogen (secondary N) is 1. The third kappa shape index (κ3) is 5.03. The van der Waals surface area contributed by atoms with Gasteiger partial charge in [0.15, 0.2) is 22.6 Å². The van der Waals surface area contributed by atoms with Gasteiger partial charge in [-0.3, -0.25) is 0 Å². The van der Waals surface area contributed by atoms with Crippen LogP contribution in [-0.4, -0.2) is 35.0 Å². The summed E-state index contributed by atoms with van der Waals surface area (Å²) in [5, 5.41) is 3.76. The van der Waals surface area contributed by atoms with E-state index in [1.54, 1.807) is 6.07 Å². The molecular formula is C17H18ClF2N3O2S. The molecule has 0 spiro atoms. The number of nitrogens with zero attached hydrogens (tertiary/aromatic N) is 2. The van der Waals surface area contributed by atoms with Crippen molar-refractivity contribution in [3.05, 3.63) is 46.6 Å². The van der Waals surface area contributed by atoms with Crippen LogP contribution in [0.3, 0.4) is 0 Å². The van der Waals surface area contributed by atoms with E-state index in [0.29, 0.717) is 24.1 Å². The van der Waals surface area contributed by atoms with E-state index >= 15 is 0 Å². The number of hydrogen-bond acceptors (Lipinski definition) is 6. The van der Waals surface area contributed by atoms with Crippen molar-refractivity contribution in [3.63, 3.8) is 0 Å². The molecule has 1 aliphatic heterocycles. The molecule has 1 N–H and O–H groups in total. The van der Waals surface area contributed by atoms with Crippen molar-refractivity contribution >= 4 is 29.2 Å². The molecule has 2 heterocycles. The first-order chi connectivity index (χ1) is 12.3. The molecule has 1 aromatic heterocycles. The van der Waals surface area contributed by atoms with Gasteiger partial charge < -0.3 is 14.8 Å². The fourth-order valence-corrected chi connectivity index (χ4v) is 3.50. The van der Waals surface area contributed by atoms with Crippen molar-refractivity contribution < 1.29 is 18.3 Å². The van der Waals surface area contributed by atoms with Crippen molar-refractivity contribution in [2.75, 3.05) is 18.5 Å². The zero-order chi connectivity index (χ0) is 18.7. The van der Waals surface area contributed by atoms with Crippen LogP contribution in [0.25, 0.3) is 0 Å². The van der Waals surface area contributed by atoms with Crippen molar-refractivity contribution in [2.45, 2.75) is 36.6 Å². The van der Waals surface area contributed by atoms with Crippen LogP contribution < -0.4 is 5.32 Å². The van der Waals surface area contributed by atoms with Crippen LogP contribution in [-0.2, 0) is 15.2 Å². The average Bonchev–Trinajstić information content (AvgIpc) is 2.93. The quantitative estimate of drug-likeness (QED) is 0.443. The molecule has 1 aliphatic rings. The van der Waals surface area contributed by atoms with Gasteiger partial charge in [0, 0.05) is 23.9 Å². The zero-order valence-corrected chi connectivity index (χ0v) is 15.8. The molecule has 0 radical (unpaired) electrons. The second-order valence-electron chi connectivity index (χ2n) is 6.19. The molecule has 26 heavy (non-hydrogen) atoms. The third-order valence-corrected chi connectivity index (χ3v) is 4.73. The largest absolute Gasteiger partial charge is 0.367 e. The second kappa shape index (κ2) is 8.04. The predicted octanol–water partition coefficient (Wildman–Crippen LogP) is 4.26. The van der Waals surface area contributed by atoms with E-state index in [1.165, 1.54) is 23.9 Å². The number of ether oxygens (including phenoxy) is 2.